The van der Waals surface area contributed by atoms with E-state index >= 15 is 0 Å². The fraction of sp³-hybridized carbons (Fsp3) is 0.208. The Morgan fingerprint density at radius 1 is 1.09 bits per heavy atom. The summed E-state index contributed by atoms with van der Waals surface area (Å²) in [7, 11) is -3.58. The third-order valence-electron chi connectivity index (χ3n) is 5.51. The number of amides is 1. The molecule has 11 heteroatoms. The molecule has 0 saturated heterocycles. The number of carbonyl (C=O) groups excluding carboxylic acids is 1. The fourth-order valence-corrected chi connectivity index (χ4v) is 6.19. The summed E-state index contributed by atoms with van der Waals surface area (Å²) >= 11 is 7.33. The molecule has 0 unspecified atom stereocenters. The summed E-state index contributed by atoms with van der Waals surface area (Å²) in [4.78, 5) is 30.9. The highest BCUT2D eigenvalue weighted by molar-refractivity contribution is 7.89. The van der Waals surface area contributed by atoms with Gasteiger partial charge in [-0.1, -0.05) is 37.6 Å². The van der Waals surface area contributed by atoms with Gasteiger partial charge in [0.05, 0.1) is 16.6 Å². The zero-order valence-electron chi connectivity index (χ0n) is 19.1. The first-order valence-corrected chi connectivity index (χ1v) is 13.6. The lowest BCUT2D eigenvalue weighted by atomic mass is 10.1. The van der Waals surface area contributed by atoms with Crippen molar-refractivity contribution < 1.29 is 13.2 Å². The number of hydrogen-bond acceptors (Lipinski definition) is 6. The van der Waals surface area contributed by atoms with Crippen LogP contribution in [-0.2, 0) is 21.4 Å². The van der Waals surface area contributed by atoms with Crippen molar-refractivity contribution in [2.75, 3.05) is 18.4 Å². The maximum Gasteiger partial charge on any atom is 0.263 e. The van der Waals surface area contributed by atoms with Crippen molar-refractivity contribution >= 4 is 54.8 Å². The molecule has 2 aromatic carbocycles. The highest BCUT2D eigenvalue weighted by Crippen LogP contribution is 2.31. The van der Waals surface area contributed by atoms with Gasteiger partial charge in [-0.15, -0.1) is 11.3 Å². The Hall–Kier alpha value is -3.05. The van der Waals surface area contributed by atoms with Gasteiger partial charge in [0.1, 0.15) is 11.4 Å². The second-order valence-electron chi connectivity index (χ2n) is 7.68. The van der Waals surface area contributed by atoms with E-state index < -0.39 is 15.9 Å². The van der Waals surface area contributed by atoms with Crippen molar-refractivity contribution in [3.8, 4) is 11.1 Å². The molecule has 0 aliphatic rings. The molecule has 4 rings (SSSR count). The molecular formula is C24H23ClN4O4S2. The van der Waals surface area contributed by atoms with Crippen LogP contribution in [0.1, 0.15) is 13.8 Å². The van der Waals surface area contributed by atoms with Gasteiger partial charge in [-0.05, 0) is 42.0 Å². The number of halogens is 1. The summed E-state index contributed by atoms with van der Waals surface area (Å²) in [5, 5.41) is 5.60. The van der Waals surface area contributed by atoms with Gasteiger partial charge in [0, 0.05) is 34.7 Å². The lowest BCUT2D eigenvalue weighted by Crippen LogP contribution is -2.30. The van der Waals surface area contributed by atoms with Crippen LogP contribution in [0, 0.1) is 0 Å². The molecule has 0 atom stereocenters. The summed E-state index contributed by atoms with van der Waals surface area (Å²) in [6.45, 7) is 4.05. The zero-order chi connectivity index (χ0) is 25.2. The Morgan fingerprint density at radius 3 is 2.37 bits per heavy atom. The Balaban J connectivity index is 1.53. The number of fused-ring (bicyclic) bond motifs is 1. The first kappa shape index (κ1) is 25.1. The number of sulfonamides is 1. The molecule has 0 fully saturated rings. The first-order chi connectivity index (χ1) is 16.7. The minimum Gasteiger partial charge on any atom is -0.325 e. The number of anilines is 1. The Labute approximate surface area is 211 Å². The maximum atomic E-state index is 13.2. The standard InChI is InChI=1S/C24H23ClN4O4S2/c1-3-29(4-2)35(32,33)19-11-9-18(10-12-19)27-21(30)13-28-15-26-23-22(24(28)31)20(14-34-23)16-5-7-17(25)8-6-16/h5-12,14-15H,3-4,13H2,1-2H3,(H,27,30). The highest BCUT2D eigenvalue weighted by Gasteiger charge is 2.21. The SMILES string of the molecule is CCN(CC)S(=O)(=O)c1ccc(NC(=O)Cn2cnc3scc(-c4ccc(Cl)cc4)c3c2=O)cc1. The van der Waals surface area contributed by atoms with Crippen LogP contribution in [0.4, 0.5) is 5.69 Å². The van der Waals surface area contributed by atoms with E-state index in [9.17, 15) is 18.0 Å². The maximum absolute atomic E-state index is 13.2. The largest absolute Gasteiger partial charge is 0.325 e. The van der Waals surface area contributed by atoms with E-state index in [0.717, 1.165) is 11.1 Å². The molecule has 35 heavy (non-hydrogen) atoms. The molecule has 8 nitrogen and oxygen atoms in total. The molecule has 1 amide bonds. The first-order valence-electron chi connectivity index (χ1n) is 10.9. The second-order valence-corrected chi connectivity index (χ2v) is 10.9. The molecular weight excluding hydrogens is 508 g/mol. The second kappa shape index (κ2) is 10.3. The molecule has 0 aliphatic heterocycles. The molecule has 182 valence electrons. The summed E-state index contributed by atoms with van der Waals surface area (Å²) in [6.07, 6.45) is 1.35. The van der Waals surface area contributed by atoms with E-state index in [1.807, 2.05) is 17.5 Å². The van der Waals surface area contributed by atoms with Gasteiger partial charge < -0.3 is 5.32 Å². The lowest BCUT2D eigenvalue weighted by Gasteiger charge is -2.18. The van der Waals surface area contributed by atoms with Crippen molar-refractivity contribution in [2.24, 2.45) is 0 Å². The predicted molar refractivity (Wildman–Crippen MR) is 140 cm³/mol. The molecule has 0 bridgehead atoms. The smallest absolute Gasteiger partial charge is 0.263 e. The van der Waals surface area contributed by atoms with Crippen LogP contribution < -0.4 is 10.9 Å². The Morgan fingerprint density at radius 2 is 1.74 bits per heavy atom. The average molecular weight is 531 g/mol. The molecule has 0 saturated carbocycles. The van der Waals surface area contributed by atoms with E-state index in [-0.39, 0.29) is 17.0 Å². The normalized spacial score (nSPS) is 11.8. The molecule has 2 heterocycles. The highest BCUT2D eigenvalue weighted by atomic mass is 35.5. The molecule has 0 spiro atoms. The van der Waals surface area contributed by atoms with Gasteiger partial charge in [0.25, 0.3) is 5.56 Å². The van der Waals surface area contributed by atoms with E-state index in [1.165, 1.54) is 50.8 Å². The number of benzene rings is 2. The molecule has 1 N–H and O–H groups in total. The van der Waals surface area contributed by atoms with Crippen molar-refractivity contribution in [2.45, 2.75) is 25.3 Å². The van der Waals surface area contributed by atoms with Crippen LogP contribution in [0.3, 0.4) is 0 Å². The van der Waals surface area contributed by atoms with Gasteiger partial charge in [-0.3, -0.25) is 14.2 Å². The topological polar surface area (TPSA) is 101 Å². The van der Waals surface area contributed by atoms with Gasteiger partial charge in [-0.2, -0.15) is 4.31 Å². The van der Waals surface area contributed by atoms with Crippen LogP contribution in [-0.4, -0.2) is 41.3 Å². The number of aromatic nitrogens is 2. The zero-order valence-corrected chi connectivity index (χ0v) is 21.5. The van der Waals surface area contributed by atoms with Gasteiger partial charge in [-0.25, -0.2) is 13.4 Å². The number of nitrogens with one attached hydrogen (secondary N) is 1. The minimum atomic E-state index is -3.58. The number of hydrogen-bond donors (Lipinski definition) is 1. The van der Waals surface area contributed by atoms with Gasteiger partial charge in [0.15, 0.2) is 0 Å². The summed E-state index contributed by atoms with van der Waals surface area (Å²) in [5.41, 5.74) is 1.67. The third kappa shape index (κ3) is 5.15. The summed E-state index contributed by atoms with van der Waals surface area (Å²) < 4.78 is 27.9. The number of carbonyl (C=O) groups is 1. The van der Waals surface area contributed by atoms with E-state index in [4.69, 9.17) is 11.6 Å². The molecule has 4 aromatic rings. The quantitative estimate of drug-likeness (QED) is 0.363. The van der Waals surface area contributed by atoms with E-state index in [2.05, 4.69) is 10.3 Å². The molecule has 0 aliphatic carbocycles. The molecule has 2 aromatic heterocycles. The third-order valence-corrected chi connectivity index (χ3v) is 8.71. The van der Waals surface area contributed by atoms with Crippen LogP contribution in [0.25, 0.3) is 21.3 Å². The van der Waals surface area contributed by atoms with Crippen LogP contribution in [0.5, 0.6) is 0 Å². The van der Waals surface area contributed by atoms with Gasteiger partial charge >= 0.3 is 0 Å². The average Bonchev–Trinajstić information content (AvgIpc) is 3.27. The lowest BCUT2D eigenvalue weighted by molar-refractivity contribution is -0.116. The molecule has 0 radical (unpaired) electrons. The van der Waals surface area contributed by atoms with Crippen LogP contribution >= 0.6 is 22.9 Å². The fourth-order valence-electron chi connectivity index (χ4n) is 3.70. The number of thiophene rings is 1. The number of rotatable bonds is 8. The Kier molecular flexibility index (Phi) is 7.36. The van der Waals surface area contributed by atoms with Crippen molar-refractivity contribution in [1.29, 1.82) is 0 Å². The van der Waals surface area contributed by atoms with Crippen molar-refractivity contribution in [1.82, 2.24) is 13.9 Å². The van der Waals surface area contributed by atoms with Crippen LogP contribution in [0.2, 0.25) is 5.02 Å². The Bertz CT molecular complexity index is 1520. The summed E-state index contributed by atoms with van der Waals surface area (Å²) in [6, 6.07) is 13.1. The predicted octanol–water partition coefficient (Wildman–Crippen LogP) is 4.45. The van der Waals surface area contributed by atoms with E-state index in [1.54, 1.807) is 26.0 Å². The minimum absolute atomic E-state index is 0.150. The van der Waals surface area contributed by atoms with E-state index in [0.29, 0.717) is 34.0 Å². The summed E-state index contributed by atoms with van der Waals surface area (Å²) in [5.74, 6) is -0.434. The van der Waals surface area contributed by atoms with Crippen molar-refractivity contribution in [3.63, 3.8) is 0 Å². The number of nitrogens with zero attached hydrogens (tertiary/aromatic N) is 3. The van der Waals surface area contributed by atoms with Gasteiger partial charge in [0.2, 0.25) is 15.9 Å². The van der Waals surface area contributed by atoms with Crippen LogP contribution in [0.15, 0.2) is 69.9 Å². The monoisotopic (exact) mass is 530 g/mol. The van der Waals surface area contributed by atoms with Crippen molar-refractivity contribution in [3.05, 3.63) is 75.6 Å².